The summed E-state index contributed by atoms with van der Waals surface area (Å²) >= 11 is 1.10. The predicted octanol–water partition coefficient (Wildman–Crippen LogP) is 1.69. The lowest BCUT2D eigenvalue weighted by Gasteiger charge is -2.06. The van der Waals surface area contributed by atoms with Gasteiger partial charge in [0, 0.05) is 16.9 Å². The van der Waals surface area contributed by atoms with E-state index in [1.54, 1.807) is 6.92 Å². The Morgan fingerprint density at radius 1 is 1.11 bits per heavy atom. The van der Waals surface area contributed by atoms with E-state index in [4.69, 9.17) is 4.42 Å². The molecule has 10 heteroatoms. The van der Waals surface area contributed by atoms with E-state index < -0.39 is 11.2 Å². The summed E-state index contributed by atoms with van der Waals surface area (Å²) in [4.78, 5) is 39.9. The molecule has 0 aliphatic heterocycles. The van der Waals surface area contributed by atoms with Gasteiger partial charge in [-0.2, -0.15) is 0 Å². The lowest BCUT2D eigenvalue weighted by Crippen LogP contribution is -2.27. The number of aromatic amines is 2. The average molecular weight is 401 g/mol. The number of aryl methyl sites for hydroxylation is 3. The molecule has 146 valence electrons. The van der Waals surface area contributed by atoms with E-state index in [0.29, 0.717) is 11.3 Å². The molecule has 3 N–H and O–H groups in total. The molecule has 3 rings (SSSR count). The molecule has 0 fully saturated rings. The molecular weight excluding hydrogens is 382 g/mol. The van der Waals surface area contributed by atoms with E-state index in [1.165, 1.54) is 0 Å². The van der Waals surface area contributed by atoms with E-state index in [-0.39, 0.29) is 29.2 Å². The molecule has 0 radical (unpaired) electrons. The van der Waals surface area contributed by atoms with Gasteiger partial charge in [-0.25, -0.2) is 4.79 Å². The molecule has 2 aromatic heterocycles. The summed E-state index contributed by atoms with van der Waals surface area (Å²) in [6.45, 7) is 5.55. The Bertz CT molecular complexity index is 1110. The number of hydrogen-bond acceptors (Lipinski definition) is 7. The van der Waals surface area contributed by atoms with Gasteiger partial charge < -0.3 is 14.7 Å². The number of nitrogens with one attached hydrogen (secondary N) is 3. The first kappa shape index (κ1) is 19.6. The predicted molar refractivity (Wildman–Crippen MR) is 105 cm³/mol. The van der Waals surface area contributed by atoms with E-state index >= 15 is 0 Å². The zero-order chi connectivity index (χ0) is 20.3. The molecule has 0 saturated carbocycles. The molecule has 28 heavy (non-hydrogen) atoms. The number of aromatic nitrogens is 4. The lowest BCUT2D eigenvalue weighted by atomic mass is 10.1. The van der Waals surface area contributed by atoms with E-state index in [0.717, 1.165) is 28.6 Å². The van der Waals surface area contributed by atoms with Crippen LogP contribution in [0.2, 0.25) is 0 Å². The Labute approximate surface area is 164 Å². The number of carbonyl (C=O) groups is 1. The number of rotatable bonds is 6. The zero-order valence-corrected chi connectivity index (χ0v) is 16.4. The maximum atomic E-state index is 12.1. The van der Waals surface area contributed by atoms with Crippen molar-refractivity contribution < 1.29 is 9.21 Å². The minimum Gasteiger partial charge on any atom is -0.416 e. The van der Waals surface area contributed by atoms with Crippen molar-refractivity contribution in [1.29, 1.82) is 0 Å². The number of anilines is 1. The topological polar surface area (TPSA) is 134 Å². The molecule has 0 aliphatic rings. The number of hydrogen-bond donors (Lipinski definition) is 3. The van der Waals surface area contributed by atoms with Crippen LogP contribution in [0.3, 0.4) is 0 Å². The second-order valence-electron chi connectivity index (χ2n) is 6.36. The highest BCUT2D eigenvalue weighted by molar-refractivity contribution is 7.99. The summed E-state index contributed by atoms with van der Waals surface area (Å²) in [5, 5.41) is 10.8. The molecule has 0 atom stereocenters. The van der Waals surface area contributed by atoms with Crippen molar-refractivity contribution in [3.8, 4) is 0 Å². The highest BCUT2D eigenvalue weighted by Crippen LogP contribution is 2.19. The van der Waals surface area contributed by atoms with Crippen molar-refractivity contribution in [2.24, 2.45) is 0 Å². The molecule has 0 bridgehead atoms. The fourth-order valence-electron chi connectivity index (χ4n) is 2.73. The highest BCUT2D eigenvalue weighted by atomic mass is 32.2. The number of thioether (sulfide) groups is 1. The fourth-order valence-corrected chi connectivity index (χ4v) is 3.31. The third-order valence-corrected chi connectivity index (χ3v) is 4.68. The molecular formula is C18H19N5O4S. The van der Waals surface area contributed by atoms with Crippen molar-refractivity contribution >= 4 is 23.4 Å². The first-order valence-electron chi connectivity index (χ1n) is 8.45. The van der Waals surface area contributed by atoms with Gasteiger partial charge >= 0.3 is 5.69 Å². The van der Waals surface area contributed by atoms with Crippen LogP contribution in [-0.4, -0.2) is 31.8 Å². The van der Waals surface area contributed by atoms with Gasteiger partial charge in [-0.1, -0.05) is 17.8 Å². The Hall–Kier alpha value is -3.14. The molecule has 1 amide bonds. The third-order valence-electron chi connectivity index (χ3n) is 3.86. The largest absolute Gasteiger partial charge is 0.416 e. The Morgan fingerprint density at radius 3 is 2.50 bits per heavy atom. The summed E-state index contributed by atoms with van der Waals surface area (Å²) in [5.41, 5.74) is 2.59. The maximum absolute atomic E-state index is 12.1. The normalized spacial score (nSPS) is 10.8. The number of amides is 1. The Balaban J connectivity index is 1.60. The van der Waals surface area contributed by atoms with Crippen molar-refractivity contribution in [1.82, 2.24) is 20.2 Å². The monoisotopic (exact) mass is 401 g/mol. The van der Waals surface area contributed by atoms with E-state index in [2.05, 4.69) is 25.5 Å². The van der Waals surface area contributed by atoms with E-state index in [1.807, 2.05) is 32.0 Å². The van der Waals surface area contributed by atoms with Gasteiger partial charge in [-0.05, 0) is 44.0 Å². The van der Waals surface area contributed by atoms with Gasteiger partial charge in [-0.3, -0.25) is 14.6 Å². The fraction of sp³-hybridized carbons (Fsp3) is 0.278. The van der Waals surface area contributed by atoms with E-state index in [9.17, 15) is 14.4 Å². The second kappa shape index (κ2) is 8.26. The number of H-pyrrole nitrogens is 2. The summed E-state index contributed by atoms with van der Waals surface area (Å²) in [5.74, 6) is 0.132. The van der Waals surface area contributed by atoms with Crippen molar-refractivity contribution in [3.05, 3.63) is 67.3 Å². The molecule has 0 unspecified atom stereocenters. The second-order valence-corrected chi connectivity index (χ2v) is 7.29. The minimum absolute atomic E-state index is 0.0836. The van der Waals surface area contributed by atoms with Gasteiger partial charge in [0.1, 0.15) is 0 Å². The van der Waals surface area contributed by atoms with Crippen LogP contribution in [0, 0.1) is 20.8 Å². The van der Waals surface area contributed by atoms with Gasteiger partial charge in [-0.15, -0.1) is 10.2 Å². The van der Waals surface area contributed by atoms with Crippen LogP contribution in [0.1, 0.15) is 28.3 Å². The lowest BCUT2D eigenvalue weighted by molar-refractivity contribution is -0.113. The first-order chi connectivity index (χ1) is 13.3. The number of carbonyl (C=O) groups excluding carboxylic acids is 1. The van der Waals surface area contributed by atoms with Crippen molar-refractivity contribution in [2.45, 2.75) is 32.4 Å². The molecule has 2 heterocycles. The molecule has 9 nitrogen and oxygen atoms in total. The van der Waals surface area contributed by atoms with Gasteiger partial charge in [0.25, 0.3) is 10.8 Å². The van der Waals surface area contributed by atoms with Crippen molar-refractivity contribution in [3.63, 3.8) is 0 Å². The van der Waals surface area contributed by atoms with Crippen LogP contribution in [0.5, 0.6) is 0 Å². The van der Waals surface area contributed by atoms with Crippen LogP contribution in [0.15, 0.2) is 37.4 Å². The zero-order valence-electron chi connectivity index (χ0n) is 15.6. The van der Waals surface area contributed by atoms with Gasteiger partial charge in [0.05, 0.1) is 12.2 Å². The standard InChI is InChI=1S/C18H19N5O4S/c1-9-4-10(2)6-12(5-9)20-14(24)8-28-18-23-22-15(27-18)7-13-11(3)19-17(26)21-16(13)25/h4-6H,7-8H2,1-3H3,(H,20,24)(H2,19,21,25,26). The summed E-state index contributed by atoms with van der Waals surface area (Å²) in [6.07, 6.45) is 0.0836. The van der Waals surface area contributed by atoms with Gasteiger partial charge in [0.2, 0.25) is 11.8 Å². The molecule has 3 aromatic rings. The number of benzene rings is 1. The minimum atomic E-state index is -0.567. The van der Waals surface area contributed by atoms with Crippen LogP contribution in [0.25, 0.3) is 0 Å². The number of nitrogens with zero attached hydrogens (tertiary/aromatic N) is 2. The SMILES string of the molecule is Cc1cc(C)cc(NC(=O)CSc2nnc(Cc3c(C)[nH]c(=O)[nH]c3=O)o2)c1. The molecule has 0 spiro atoms. The quantitative estimate of drug-likeness (QED) is 0.535. The highest BCUT2D eigenvalue weighted by Gasteiger charge is 2.14. The first-order valence-corrected chi connectivity index (χ1v) is 9.44. The summed E-state index contributed by atoms with van der Waals surface area (Å²) in [7, 11) is 0. The van der Waals surface area contributed by atoms with Crippen LogP contribution < -0.4 is 16.6 Å². The maximum Gasteiger partial charge on any atom is 0.325 e. The van der Waals surface area contributed by atoms with Crippen LogP contribution >= 0.6 is 11.8 Å². The molecule has 0 saturated heterocycles. The summed E-state index contributed by atoms with van der Waals surface area (Å²) < 4.78 is 5.48. The average Bonchev–Trinajstić information content (AvgIpc) is 3.03. The Kier molecular flexibility index (Phi) is 5.78. The summed E-state index contributed by atoms with van der Waals surface area (Å²) in [6, 6.07) is 5.81. The molecule has 1 aromatic carbocycles. The third kappa shape index (κ3) is 4.97. The molecule has 0 aliphatic carbocycles. The van der Waals surface area contributed by atoms with Crippen molar-refractivity contribution in [2.75, 3.05) is 11.1 Å². The van der Waals surface area contributed by atoms with Gasteiger partial charge in [0.15, 0.2) is 0 Å². The van der Waals surface area contributed by atoms with Crippen LogP contribution in [-0.2, 0) is 11.2 Å². The Morgan fingerprint density at radius 2 is 1.82 bits per heavy atom. The smallest absolute Gasteiger partial charge is 0.325 e. The van der Waals surface area contributed by atoms with Crippen LogP contribution in [0.4, 0.5) is 5.69 Å².